The fourth-order valence-corrected chi connectivity index (χ4v) is 6.49. The maximum Gasteiger partial charge on any atom is 0.207 e. The van der Waals surface area contributed by atoms with Crippen LogP contribution in [-0.4, -0.2) is 33.9 Å². The Kier molecular flexibility index (Phi) is 7.90. The quantitative estimate of drug-likeness (QED) is 0.161. The van der Waals surface area contributed by atoms with Gasteiger partial charge in [-0.1, -0.05) is 17.7 Å². The summed E-state index contributed by atoms with van der Waals surface area (Å²) < 4.78 is 2.01. The van der Waals surface area contributed by atoms with E-state index in [1.807, 2.05) is 24.4 Å². The molecule has 6 nitrogen and oxygen atoms in total. The number of aliphatic imine (C=N–C) groups is 1. The van der Waals surface area contributed by atoms with Gasteiger partial charge < -0.3 is 4.90 Å². The first-order chi connectivity index (χ1) is 17.5. The number of pyridine rings is 2. The molecule has 0 amide bonds. The molecule has 1 unspecified atom stereocenters. The third-order valence-corrected chi connectivity index (χ3v) is 9.00. The number of halogens is 3. The average Bonchev–Trinajstić information content (AvgIpc) is 3.06. The van der Waals surface area contributed by atoms with Gasteiger partial charge in [0, 0.05) is 46.5 Å². The van der Waals surface area contributed by atoms with Gasteiger partial charge in [-0.3, -0.25) is 15.3 Å². The number of nitrogens with zero attached hydrogens (tertiary/aromatic N) is 5. The first-order valence-electron chi connectivity index (χ1n) is 12.0. The van der Waals surface area contributed by atoms with Crippen molar-refractivity contribution in [2.75, 3.05) is 13.1 Å². The Morgan fingerprint density at radius 1 is 1.17 bits per heavy atom. The lowest BCUT2D eigenvalue weighted by Crippen LogP contribution is -2.45. The van der Waals surface area contributed by atoms with Crippen LogP contribution in [0.2, 0.25) is 5.02 Å². The van der Waals surface area contributed by atoms with Crippen molar-refractivity contribution in [2.45, 2.75) is 38.1 Å². The molecule has 1 fully saturated rings. The zero-order valence-electron chi connectivity index (χ0n) is 19.6. The molecule has 9 heteroatoms. The molecule has 3 aromatic rings. The zero-order chi connectivity index (χ0) is 25.1. The number of benzene rings is 1. The fourth-order valence-electron chi connectivity index (χ4n) is 5.38. The van der Waals surface area contributed by atoms with Crippen molar-refractivity contribution < 1.29 is 0 Å². The molecule has 184 valence electrons. The van der Waals surface area contributed by atoms with Gasteiger partial charge in [0.2, 0.25) is 5.96 Å². The minimum absolute atomic E-state index is 0.197. The third-order valence-electron chi connectivity index (χ3n) is 7.11. The molecule has 1 aliphatic carbocycles. The van der Waals surface area contributed by atoms with Crippen molar-refractivity contribution in [3.8, 4) is 6.19 Å². The number of hydrogen-bond donors (Lipinski definition) is 1. The Balaban J connectivity index is 1.41. The lowest BCUT2D eigenvalue weighted by Gasteiger charge is -2.37. The lowest BCUT2D eigenvalue weighted by atomic mass is 9.76. The zero-order valence-corrected chi connectivity index (χ0v) is 23.5. The maximum absolute atomic E-state index is 9.33. The van der Waals surface area contributed by atoms with Gasteiger partial charge in [0.05, 0.1) is 17.3 Å². The molecule has 1 aromatic carbocycles. The summed E-state index contributed by atoms with van der Waals surface area (Å²) in [5, 5.41) is 12.9. The summed E-state index contributed by atoms with van der Waals surface area (Å²) in [7, 11) is 0. The highest BCUT2D eigenvalue weighted by Crippen LogP contribution is 2.45. The van der Waals surface area contributed by atoms with Crippen molar-refractivity contribution in [1.29, 1.82) is 5.26 Å². The molecular formula is C27H25Br2ClN6. The predicted octanol–water partition coefficient (Wildman–Crippen LogP) is 6.22. The van der Waals surface area contributed by atoms with Gasteiger partial charge in [0.15, 0.2) is 6.19 Å². The van der Waals surface area contributed by atoms with Crippen LogP contribution in [0.1, 0.15) is 46.7 Å². The van der Waals surface area contributed by atoms with Gasteiger partial charge in [0.1, 0.15) is 0 Å². The monoisotopic (exact) mass is 626 g/mol. The molecule has 2 aromatic heterocycles. The van der Waals surface area contributed by atoms with Gasteiger partial charge >= 0.3 is 0 Å². The molecule has 0 bridgehead atoms. The van der Waals surface area contributed by atoms with Crippen LogP contribution in [0, 0.1) is 17.4 Å². The van der Waals surface area contributed by atoms with Crippen molar-refractivity contribution in [1.82, 2.24) is 20.2 Å². The molecule has 0 spiro atoms. The number of nitrogens with one attached hydrogen (secondary N) is 1. The molecule has 0 radical (unpaired) electrons. The Morgan fingerprint density at radius 3 is 2.69 bits per heavy atom. The number of rotatable bonds is 3. The number of aromatic nitrogens is 2. The van der Waals surface area contributed by atoms with E-state index in [1.54, 1.807) is 12.4 Å². The first kappa shape index (κ1) is 25.2. The first-order valence-corrected chi connectivity index (χ1v) is 14.0. The Morgan fingerprint density at radius 2 is 1.94 bits per heavy atom. The van der Waals surface area contributed by atoms with E-state index in [0.717, 1.165) is 58.3 Å². The number of aryl methyl sites for hydroxylation is 1. The number of fused-ring (bicyclic) bond motifs is 2. The van der Waals surface area contributed by atoms with Crippen molar-refractivity contribution in [3.05, 3.63) is 90.8 Å². The van der Waals surface area contributed by atoms with E-state index in [2.05, 4.69) is 65.4 Å². The van der Waals surface area contributed by atoms with Crippen LogP contribution in [0.4, 0.5) is 0 Å². The van der Waals surface area contributed by atoms with Crippen LogP contribution in [0.5, 0.6) is 0 Å². The number of guanidine groups is 1. The lowest BCUT2D eigenvalue weighted by molar-refractivity contribution is 0.243. The highest BCUT2D eigenvalue weighted by Gasteiger charge is 2.35. The van der Waals surface area contributed by atoms with Crippen LogP contribution >= 0.6 is 43.5 Å². The van der Waals surface area contributed by atoms with Gasteiger partial charge in [-0.15, -0.1) is 0 Å². The molecule has 2 aliphatic rings. The molecule has 1 atom stereocenters. The molecule has 1 saturated heterocycles. The predicted molar refractivity (Wildman–Crippen MR) is 149 cm³/mol. The van der Waals surface area contributed by atoms with Gasteiger partial charge in [-0.25, -0.2) is 4.99 Å². The highest BCUT2D eigenvalue weighted by molar-refractivity contribution is 9.10. The molecule has 36 heavy (non-hydrogen) atoms. The summed E-state index contributed by atoms with van der Waals surface area (Å²) >= 11 is 13.9. The van der Waals surface area contributed by atoms with Crippen LogP contribution < -0.4 is 5.32 Å². The third kappa shape index (κ3) is 5.29. The van der Waals surface area contributed by atoms with Crippen LogP contribution in [0.3, 0.4) is 0 Å². The molecule has 1 N–H and O–H groups in total. The average molecular weight is 629 g/mol. The summed E-state index contributed by atoms with van der Waals surface area (Å²) in [4.78, 5) is 15.9. The topological polar surface area (TPSA) is 77.2 Å². The van der Waals surface area contributed by atoms with Gasteiger partial charge in [0.25, 0.3) is 0 Å². The second kappa shape index (κ2) is 11.3. The van der Waals surface area contributed by atoms with E-state index in [0.29, 0.717) is 18.4 Å². The van der Waals surface area contributed by atoms with Crippen LogP contribution in [0.15, 0.2) is 62.9 Å². The molecule has 3 heterocycles. The standard InChI is InChI=1S/C27H25Br2ClN6/c28-20-13-19-1-2-22-21(3-4-23(30)25(22)29)24(26(19)33-15-20)18-7-11-36(12-8-18)27(35-16-31)34-14-17-5-9-32-10-6-17/h3-6,9-10,13,15,18,24H,1-2,7-8,11-12,14H2,(H,34,35). The van der Waals surface area contributed by atoms with Crippen molar-refractivity contribution in [2.24, 2.45) is 10.9 Å². The van der Waals surface area contributed by atoms with Crippen LogP contribution in [0.25, 0.3) is 0 Å². The van der Waals surface area contributed by atoms with Gasteiger partial charge in [-0.05, 0) is 110 Å². The van der Waals surface area contributed by atoms with E-state index in [1.165, 1.54) is 22.4 Å². The normalized spacial score (nSPS) is 18.1. The van der Waals surface area contributed by atoms with Crippen molar-refractivity contribution in [3.63, 3.8) is 0 Å². The van der Waals surface area contributed by atoms with E-state index in [4.69, 9.17) is 21.6 Å². The number of likely N-dealkylation sites (tertiary alicyclic amines) is 1. The van der Waals surface area contributed by atoms with Crippen molar-refractivity contribution >= 4 is 49.4 Å². The molecule has 1 aliphatic heterocycles. The second-order valence-electron chi connectivity index (χ2n) is 9.16. The Bertz CT molecular complexity index is 1320. The van der Waals surface area contributed by atoms with Crippen LogP contribution in [-0.2, 0) is 19.4 Å². The largest absolute Gasteiger partial charge is 0.342 e. The Labute approximate surface area is 233 Å². The van der Waals surface area contributed by atoms with E-state index >= 15 is 0 Å². The molecule has 5 rings (SSSR count). The van der Waals surface area contributed by atoms with E-state index < -0.39 is 0 Å². The summed E-state index contributed by atoms with van der Waals surface area (Å²) in [5.74, 6) is 1.25. The number of piperidine rings is 1. The summed E-state index contributed by atoms with van der Waals surface area (Å²) in [6.45, 7) is 2.14. The minimum atomic E-state index is 0.197. The maximum atomic E-state index is 9.33. The SMILES string of the molecule is N#CNC(=NCc1ccncc1)N1CCC(C2c3ccc(Cl)c(Br)c3CCc3cc(Br)cnc32)CC1. The van der Waals surface area contributed by atoms with Gasteiger partial charge in [-0.2, -0.15) is 5.26 Å². The number of hydrogen-bond acceptors (Lipinski definition) is 4. The summed E-state index contributed by atoms with van der Waals surface area (Å²) in [6, 6.07) is 10.3. The highest BCUT2D eigenvalue weighted by atomic mass is 79.9. The fraction of sp³-hybridized carbons (Fsp3) is 0.333. The van der Waals surface area contributed by atoms with E-state index in [9.17, 15) is 5.26 Å². The number of nitriles is 1. The van der Waals surface area contributed by atoms with E-state index in [-0.39, 0.29) is 5.92 Å². The summed E-state index contributed by atoms with van der Waals surface area (Å²) in [5.41, 5.74) is 6.13. The second-order valence-corrected chi connectivity index (χ2v) is 11.3. The minimum Gasteiger partial charge on any atom is -0.342 e. The molecule has 0 saturated carbocycles. The Hall–Kier alpha value is -2.47. The summed E-state index contributed by atoms with van der Waals surface area (Å²) in [6.07, 6.45) is 11.3. The molecular weight excluding hydrogens is 604 g/mol. The smallest absolute Gasteiger partial charge is 0.207 e.